The van der Waals surface area contributed by atoms with Crippen molar-refractivity contribution in [3.63, 3.8) is 0 Å². The molecule has 0 aromatic rings. The first-order valence-corrected chi connectivity index (χ1v) is 7.64. The second-order valence-corrected chi connectivity index (χ2v) is 4.67. The lowest BCUT2D eigenvalue weighted by molar-refractivity contribution is -0.142. The van der Waals surface area contributed by atoms with Gasteiger partial charge >= 0.3 is 17.9 Å². The molecular weight excluding hydrogens is 284 g/mol. The number of hydrogen-bond acceptors (Lipinski definition) is 5. The minimum absolute atomic E-state index is 0.161. The summed E-state index contributed by atoms with van der Waals surface area (Å²) in [5.41, 5.74) is 0. The van der Waals surface area contributed by atoms with Crippen molar-refractivity contribution >= 4 is 11.9 Å². The minimum Gasteiger partial charge on any atom is -0.463 e. The third-order valence-electron chi connectivity index (χ3n) is 2.80. The highest BCUT2D eigenvalue weighted by Gasteiger charge is 2.07. The second-order valence-electron chi connectivity index (χ2n) is 4.67. The lowest BCUT2D eigenvalue weighted by Crippen LogP contribution is -2.07. The lowest BCUT2D eigenvalue weighted by Gasteiger charge is -2.09. The average Bonchev–Trinajstić information content (AvgIpc) is 2.54. The smallest absolute Gasteiger partial charge is 0.338 e. The van der Waals surface area contributed by atoms with Crippen LogP contribution in [0.5, 0.6) is 0 Å². The van der Waals surface area contributed by atoms with E-state index in [0.29, 0.717) is 6.61 Å². The van der Waals surface area contributed by atoms with E-state index >= 15 is 0 Å². The van der Waals surface area contributed by atoms with E-state index in [1.807, 2.05) is 0 Å². The molecule has 0 N–H and O–H groups in total. The molecule has 0 spiro atoms. The third-order valence-corrected chi connectivity index (χ3v) is 2.80. The summed E-state index contributed by atoms with van der Waals surface area (Å²) in [5.74, 6) is -1.50. The monoisotopic (exact) mass is 310 g/mol. The van der Waals surface area contributed by atoms with Gasteiger partial charge in [-0.3, -0.25) is 0 Å². The highest BCUT2D eigenvalue weighted by molar-refractivity contribution is 5.82. The van der Waals surface area contributed by atoms with Crippen molar-refractivity contribution in [1.82, 2.24) is 0 Å². The number of ether oxygens (including phenoxy) is 3. The van der Waals surface area contributed by atoms with E-state index in [0.717, 1.165) is 37.7 Å². The summed E-state index contributed by atoms with van der Waals surface area (Å²) in [6, 6.07) is 0. The Hall–Kier alpha value is -2.04. The summed E-state index contributed by atoms with van der Waals surface area (Å²) in [4.78, 5) is 22.1. The molecule has 5 heteroatoms. The number of esters is 2. The molecule has 0 bridgehead atoms. The van der Waals surface area contributed by atoms with E-state index < -0.39 is 11.9 Å². The maximum atomic E-state index is 11.2. The third kappa shape index (κ3) is 11.8. The number of carbonyl (C=O) groups is 2. The van der Waals surface area contributed by atoms with Gasteiger partial charge in [-0.05, 0) is 6.42 Å². The molecule has 0 unspecified atom stereocenters. The molecule has 5 nitrogen and oxygen atoms in total. The molecular formula is C17H26O5. The Labute approximate surface area is 132 Å². The molecule has 0 saturated carbocycles. The summed E-state index contributed by atoms with van der Waals surface area (Å²) in [5, 5.41) is 0. The first-order chi connectivity index (χ1) is 10.6. The summed E-state index contributed by atoms with van der Waals surface area (Å²) in [7, 11) is 0. The predicted molar refractivity (Wildman–Crippen MR) is 84.6 cm³/mol. The van der Waals surface area contributed by atoms with Crippen molar-refractivity contribution in [3.05, 3.63) is 37.5 Å². The molecule has 0 rings (SSSR count). The largest absolute Gasteiger partial charge is 0.463 e. The van der Waals surface area contributed by atoms with E-state index in [1.54, 1.807) is 0 Å². The molecule has 0 radical (unpaired) electrons. The van der Waals surface area contributed by atoms with Crippen molar-refractivity contribution in [3.8, 4) is 0 Å². The van der Waals surface area contributed by atoms with Gasteiger partial charge in [-0.1, -0.05) is 58.6 Å². The van der Waals surface area contributed by atoms with Crippen LogP contribution in [-0.2, 0) is 23.8 Å². The quantitative estimate of drug-likeness (QED) is 0.223. The van der Waals surface area contributed by atoms with E-state index in [4.69, 9.17) is 9.47 Å². The fourth-order valence-corrected chi connectivity index (χ4v) is 1.61. The number of carbonyl (C=O) groups excluding carboxylic acids is 2. The van der Waals surface area contributed by atoms with Crippen LogP contribution in [0.4, 0.5) is 0 Å². The summed E-state index contributed by atoms with van der Waals surface area (Å²) in [6.45, 7) is 9.12. The van der Waals surface area contributed by atoms with E-state index in [-0.39, 0.29) is 5.95 Å². The molecule has 0 heterocycles. The molecule has 22 heavy (non-hydrogen) atoms. The fourth-order valence-electron chi connectivity index (χ4n) is 1.61. The Morgan fingerprint density at radius 3 is 2.09 bits per heavy atom. The van der Waals surface area contributed by atoms with Gasteiger partial charge in [0.25, 0.3) is 0 Å². The lowest BCUT2D eigenvalue weighted by atomic mass is 10.1. The van der Waals surface area contributed by atoms with Gasteiger partial charge in [-0.15, -0.1) is 0 Å². The van der Waals surface area contributed by atoms with Crippen LogP contribution < -0.4 is 0 Å². The maximum Gasteiger partial charge on any atom is 0.338 e. The molecule has 0 aliphatic heterocycles. The molecule has 0 aromatic heterocycles. The molecule has 0 fully saturated rings. The Morgan fingerprint density at radius 2 is 1.50 bits per heavy atom. The van der Waals surface area contributed by atoms with E-state index in [9.17, 15) is 9.59 Å². The Bertz CT molecular complexity index is 385. The van der Waals surface area contributed by atoms with Crippen LogP contribution in [0.1, 0.15) is 51.9 Å². The van der Waals surface area contributed by atoms with Crippen LogP contribution in [0.3, 0.4) is 0 Å². The van der Waals surface area contributed by atoms with Crippen molar-refractivity contribution < 1.29 is 23.8 Å². The first kappa shape index (κ1) is 20.0. The number of unbranched alkanes of at least 4 members (excludes halogenated alkanes) is 6. The highest BCUT2D eigenvalue weighted by Crippen LogP contribution is 2.09. The summed E-state index contributed by atoms with van der Waals surface area (Å²) >= 11 is 0. The fraction of sp³-hybridized carbons (Fsp3) is 0.529. The summed E-state index contributed by atoms with van der Waals surface area (Å²) < 4.78 is 14.8. The Balaban J connectivity index is 4.02. The van der Waals surface area contributed by atoms with Crippen molar-refractivity contribution in [2.45, 2.75) is 51.9 Å². The maximum absolute atomic E-state index is 11.2. The Morgan fingerprint density at radius 1 is 0.909 bits per heavy atom. The normalized spacial score (nSPS) is 10.7. The molecule has 0 atom stereocenters. The standard InChI is InChI=1S/C17H26O5/c1-4-7-8-9-10-11-12-13-20-17(22-16(19)6-3)14-21-15(18)5-2/h5-6,14H,2-4,7-13H2,1H3/b17-14+. The molecule has 0 aromatic carbocycles. The second kappa shape index (κ2) is 13.9. The van der Waals surface area contributed by atoms with Gasteiger partial charge in [0.05, 0.1) is 6.61 Å². The van der Waals surface area contributed by atoms with Gasteiger partial charge in [0, 0.05) is 12.2 Å². The minimum atomic E-state index is -0.680. The van der Waals surface area contributed by atoms with Crippen molar-refractivity contribution in [2.24, 2.45) is 0 Å². The zero-order valence-corrected chi connectivity index (χ0v) is 13.3. The number of rotatable bonds is 13. The van der Waals surface area contributed by atoms with Crippen molar-refractivity contribution in [2.75, 3.05) is 6.61 Å². The van der Waals surface area contributed by atoms with E-state index in [1.165, 1.54) is 25.7 Å². The molecule has 124 valence electrons. The van der Waals surface area contributed by atoms with Crippen molar-refractivity contribution in [1.29, 1.82) is 0 Å². The van der Waals surface area contributed by atoms with Gasteiger partial charge in [0.1, 0.15) is 0 Å². The van der Waals surface area contributed by atoms with Crippen LogP contribution in [0, 0.1) is 0 Å². The summed E-state index contributed by atoms with van der Waals surface area (Å²) in [6.07, 6.45) is 11.0. The van der Waals surface area contributed by atoms with Crippen LogP contribution in [0.15, 0.2) is 37.5 Å². The van der Waals surface area contributed by atoms with Gasteiger partial charge in [0.15, 0.2) is 6.26 Å². The average molecular weight is 310 g/mol. The topological polar surface area (TPSA) is 61.8 Å². The zero-order chi connectivity index (χ0) is 16.6. The molecule has 0 amide bonds. The van der Waals surface area contributed by atoms with Gasteiger partial charge in [-0.2, -0.15) is 0 Å². The predicted octanol–water partition coefficient (Wildman–Crippen LogP) is 4.01. The van der Waals surface area contributed by atoms with E-state index in [2.05, 4.69) is 24.8 Å². The van der Waals surface area contributed by atoms with Crippen LogP contribution in [0.2, 0.25) is 0 Å². The zero-order valence-electron chi connectivity index (χ0n) is 13.3. The SMILES string of the molecule is C=CC(=O)O/C=C(\OCCCCCCCCC)OC(=O)C=C. The highest BCUT2D eigenvalue weighted by atomic mass is 16.7. The first-order valence-electron chi connectivity index (χ1n) is 7.64. The number of hydrogen-bond donors (Lipinski definition) is 0. The Kier molecular flexibility index (Phi) is 12.6. The molecule has 0 aliphatic rings. The van der Waals surface area contributed by atoms with Crippen LogP contribution >= 0.6 is 0 Å². The van der Waals surface area contributed by atoms with Gasteiger partial charge in [0.2, 0.25) is 0 Å². The van der Waals surface area contributed by atoms with Crippen LogP contribution in [0.25, 0.3) is 0 Å². The van der Waals surface area contributed by atoms with Gasteiger partial charge in [-0.25, -0.2) is 9.59 Å². The molecule has 0 aliphatic carbocycles. The molecule has 0 saturated heterocycles. The van der Waals surface area contributed by atoms with Gasteiger partial charge < -0.3 is 14.2 Å². The van der Waals surface area contributed by atoms with Crippen LogP contribution in [-0.4, -0.2) is 18.5 Å².